The Morgan fingerprint density at radius 2 is 2.36 bits per heavy atom. The number of carbonyl (C=O) groups is 1. The molecule has 0 bridgehead atoms. The highest BCUT2D eigenvalue weighted by molar-refractivity contribution is 6.05. The summed E-state index contributed by atoms with van der Waals surface area (Å²) in [5, 5.41) is 0. The maximum atomic E-state index is 11.4. The summed E-state index contributed by atoms with van der Waals surface area (Å²) in [7, 11) is 1.81. The van der Waals surface area contributed by atoms with Crippen molar-refractivity contribution >= 4 is 11.9 Å². The van der Waals surface area contributed by atoms with Crippen LogP contribution in [0.1, 0.15) is 32.6 Å². The fourth-order valence-corrected chi connectivity index (χ4v) is 2.70. The second-order valence-corrected chi connectivity index (χ2v) is 4.57. The number of amidine groups is 1. The number of likely N-dealkylation sites (N-methyl/N-ethyl adjacent to an activating group) is 1. The van der Waals surface area contributed by atoms with Crippen LogP contribution in [0.15, 0.2) is 4.99 Å². The predicted octanol–water partition coefficient (Wildman–Crippen LogP) is 1.36. The van der Waals surface area contributed by atoms with Gasteiger partial charge in [0.2, 0.25) is 0 Å². The van der Waals surface area contributed by atoms with E-state index in [0.29, 0.717) is 11.8 Å². The number of nitrogens with two attached hydrogens (primary N) is 1. The summed E-state index contributed by atoms with van der Waals surface area (Å²) in [6.45, 7) is 2.21. The lowest BCUT2D eigenvalue weighted by atomic mass is 9.75. The Morgan fingerprint density at radius 1 is 1.64 bits per heavy atom. The smallest absolute Gasteiger partial charge is 0.345 e. The molecule has 78 valence electrons. The molecule has 2 N–H and O–H groups in total. The molecule has 1 heterocycles. The fraction of sp³-hybridized carbons (Fsp3) is 0.800. The molecule has 14 heavy (non-hydrogen) atoms. The van der Waals surface area contributed by atoms with Crippen molar-refractivity contribution in [1.82, 2.24) is 4.90 Å². The number of aliphatic imine (C=N–C) groups is 1. The van der Waals surface area contributed by atoms with Gasteiger partial charge < -0.3 is 10.6 Å². The molecule has 2 aliphatic rings. The van der Waals surface area contributed by atoms with E-state index < -0.39 is 0 Å². The number of rotatable bonds is 0. The molecule has 2 atom stereocenters. The summed E-state index contributed by atoms with van der Waals surface area (Å²) in [4.78, 5) is 17.0. The largest absolute Gasteiger partial charge is 0.385 e. The van der Waals surface area contributed by atoms with E-state index in [2.05, 4.69) is 11.9 Å². The zero-order chi connectivity index (χ0) is 10.3. The number of hydrogen-bond acceptors (Lipinski definition) is 2. The molecule has 4 heteroatoms. The number of urea groups is 1. The minimum atomic E-state index is -0.255. The van der Waals surface area contributed by atoms with E-state index in [1.807, 2.05) is 7.05 Å². The molecule has 2 unspecified atom stereocenters. The van der Waals surface area contributed by atoms with Gasteiger partial charge in [-0.15, -0.1) is 0 Å². The lowest BCUT2D eigenvalue weighted by Crippen LogP contribution is -2.54. The van der Waals surface area contributed by atoms with Crippen molar-refractivity contribution in [3.63, 3.8) is 0 Å². The van der Waals surface area contributed by atoms with Crippen LogP contribution in [0.4, 0.5) is 4.79 Å². The molecule has 0 radical (unpaired) electrons. The summed E-state index contributed by atoms with van der Waals surface area (Å²) in [5.74, 6) is 1.16. The summed E-state index contributed by atoms with van der Waals surface area (Å²) >= 11 is 0. The third-order valence-corrected chi connectivity index (χ3v) is 3.60. The molecular formula is C10H17N3O. The molecule has 0 aromatic rings. The summed E-state index contributed by atoms with van der Waals surface area (Å²) in [6, 6.07) is -0.184. The van der Waals surface area contributed by atoms with E-state index in [0.717, 1.165) is 19.3 Å². The Labute approximate surface area is 84.2 Å². The Morgan fingerprint density at radius 3 is 2.86 bits per heavy atom. The van der Waals surface area contributed by atoms with Crippen LogP contribution in [0.5, 0.6) is 0 Å². The quantitative estimate of drug-likeness (QED) is 0.634. The number of nitrogens with zero attached hydrogens (tertiary/aromatic N) is 2. The van der Waals surface area contributed by atoms with Crippen molar-refractivity contribution in [2.24, 2.45) is 16.6 Å². The van der Waals surface area contributed by atoms with Crippen LogP contribution < -0.4 is 5.73 Å². The third kappa shape index (κ3) is 1.13. The van der Waals surface area contributed by atoms with Gasteiger partial charge in [0.05, 0.1) is 0 Å². The van der Waals surface area contributed by atoms with Gasteiger partial charge in [0.25, 0.3) is 0 Å². The van der Waals surface area contributed by atoms with Crippen molar-refractivity contribution in [1.29, 1.82) is 0 Å². The van der Waals surface area contributed by atoms with E-state index in [1.165, 1.54) is 6.42 Å². The van der Waals surface area contributed by atoms with Crippen LogP contribution in [0.3, 0.4) is 0 Å². The second-order valence-electron chi connectivity index (χ2n) is 4.57. The average molecular weight is 195 g/mol. The Bertz CT molecular complexity index is 300. The Balaban J connectivity index is 2.30. The molecule has 1 aliphatic carbocycles. The fourth-order valence-electron chi connectivity index (χ4n) is 2.70. The maximum absolute atomic E-state index is 11.4. The van der Waals surface area contributed by atoms with Gasteiger partial charge in [0.1, 0.15) is 11.4 Å². The van der Waals surface area contributed by atoms with Gasteiger partial charge in [-0.05, 0) is 18.8 Å². The SMILES string of the molecule is CC1CCCC2(C1)C(N)=NC(=O)N2C. The van der Waals surface area contributed by atoms with Crippen molar-refractivity contribution in [3.05, 3.63) is 0 Å². The zero-order valence-corrected chi connectivity index (χ0v) is 8.79. The van der Waals surface area contributed by atoms with Crippen molar-refractivity contribution in [2.75, 3.05) is 7.05 Å². The number of amides is 2. The summed E-state index contributed by atoms with van der Waals surface area (Å²) in [5.41, 5.74) is 5.62. The van der Waals surface area contributed by atoms with Crippen molar-refractivity contribution in [3.8, 4) is 0 Å². The molecule has 1 aliphatic heterocycles. The lowest BCUT2D eigenvalue weighted by molar-refractivity contribution is 0.144. The summed E-state index contributed by atoms with van der Waals surface area (Å²) in [6.07, 6.45) is 4.30. The Kier molecular flexibility index (Phi) is 2.01. The van der Waals surface area contributed by atoms with Crippen LogP contribution in [-0.4, -0.2) is 29.4 Å². The first kappa shape index (κ1) is 9.49. The highest BCUT2D eigenvalue weighted by atomic mass is 16.2. The van der Waals surface area contributed by atoms with E-state index in [-0.39, 0.29) is 11.6 Å². The normalized spacial score (nSPS) is 37.9. The van der Waals surface area contributed by atoms with Gasteiger partial charge in [-0.2, -0.15) is 4.99 Å². The first-order valence-electron chi connectivity index (χ1n) is 5.19. The van der Waals surface area contributed by atoms with Crippen LogP contribution in [-0.2, 0) is 0 Å². The number of hydrogen-bond donors (Lipinski definition) is 1. The average Bonchev–Trinajstić information content (AvgIpc) is 2.32. The van der Waals surface area contributed by atoms with Crippen LogP contribution in [0.25, 0.3) is 0 Å². The monoisotopic (exact) mass is 195 g/mol. The highest BCUT2D eigenvalue weighted by Gasteiger charge is 2.48. The van der Waals surface area contributed by atoms with Crippen LogP contribution in [0.2, 0.25) is 0 Å². The van der Waals surface area contributed by atoms with Gasteiger partial charge in [-0.1, -0.05) is 19.8 Å². The lowest BCUT2D eigenvalue weighted by Gasteiger charge is -2.41. The molecule has 4 nitrogen and oxygen atoms in total. The maximum Gasteiger partial charge on any atom is 0.345 e. The van der Waals surface area contributed by atoms with Gasteiger partial charge in [-0.3, -0.25) is 0 Å². The molecule has 0 aromatic heterocycles. The summed E-state index contributed by atoms with van der Waals surface area (Å²) < 4.78 is 0. The van der Waals surface area contributed by atoms with Gasteiger partial charge in [0.15, 0.2) is 0 Å². The van der Waals surface area contributed by atoms with E-state index >= 15 is 0 Å². The zero-order valence-electron chi connectivity index (χ0n) is 8.79. The molecule has 1 saturated carbocycles. The van der Waals surface area contributed by atoms with E-state index in [4.69, 9.17) is 5.73 Å². The third-order valence-electron chi connectivity index (χ3n) is 3.60. The predicted molar refractivity (Wildman–Crippen MR) is 55.1 cm³/mol. The van der Waals surface area contributed by atoms with Crippen LogP contribution >= 0.6 is 0 Å². The standard InChI is InChI=1S/C10H17N3O/c1-7-4-3-5-10(6-7)8(11)12-9(14)13(10)2/h7H,3-6H2,1-2H3,(H2,11,12,14). The van der Waals surface area contributed by atoms with E-state index in [9.17, 15) is 4.79 Å². The molecule has 0 aromatic carbocycles. The minimum absolute atomic E-state index is 0.184. The van der Waals surface area contributed by atoms with Crippen LogP contribution in [0, 0.1) is 5.92 Å². The highest BCUT2D eigenvalue weighted by Crippen LogP contribution is 2.39. The minimum Gasteiger partial charge on any atom is -0.385 e. The molecule has 0 saturated heterocycles. The van der Waals surface area contributed by atoms with Gasteiger partial charge in [0, 0.05) is 7.05 Å². The van der Waals surface area contributed by atoms with Gasteiger partial charge >= 0.3 is 6.03 Å². The first-order chi connectivity index (χ1) is 6.56. The molecule has 1 fully saturated rings. The molecule has 1 spiro atoms. The topological polar surface area (TPSA) is 58.7 Å². The van der Waals surface area contributed by atoms with Crippen molar-refractivity contribution in [2.45, 2.75) is 38.1 Å². The van der Waals surface area contributed by atoms with Crippen molar-refractivity contribution < 1.29 is 4.79 Å². The molecule has 2 amide bonds. The van der Waals surface area contributed by atoms with Gasteiger partial charge in [-0.25, -0.2) is 4.79 Å². The first-order valence-corrected chi connectivity index (χ1v) is 5.19. The number of carbonyl (C=O) groups excluding carboxylic acids is 1. The second kappa shape index (κ2) is 2.97. The molecular weight excluding hydrogens is 178 g/mol. The molecule has 2 rings (SSSR count). The Hall–Kier alpha value is -1.06. The van der Waals surface area contributed by atoms with E-state index in [1.54, 1.807) is 4.90 Å².